The highest BCUT2D eigenvalue weighted by atomic mass is 19.1. The second-order valence-corrected chi connectivity index (χ2v) is 6.98. The summed E-state index contributed by atoms with van der Waals surface area (Å²) >= 11 is 0. The average molecular weight is 419 g/mol. The first kappa shape index (κ1) is 18.9. The SMILES string of the molecule is COc1cc(C(=O)Nc2ccc3nc(-c4cccc(F)c4)[nH]c3c2)cc2c1OCCO2. The number of hydrogen-bond acceptors (Lipinski definition) is 5. The molecule has 0 radical (unpaired) electrons. The van der Waals surface area contributed by atoms with Gasteiger partial charge < -0.3 is 24.5 Å². The Hall–Kier alpha value is -4.07. The van der Waals surface area contributed by atoms with Gasteiger partial charge in [0.15, 0.2) is 11.5 Å². The van der Waals surface area contributed by atoms with E-state index in [0.717, 1.165) is 5.52 Å². The van der Waals surface area contributed by atoms with Crippen LogP contribution in [0.1, 0.15) is 10.4 Å². The number of carbonyl (C=O) groups excluding carboxylic acids is 1. The summed E-state index contributed by atoms with van der Waals surface area (Å²) in [5, 5.41) is 2.87. The fourth-order valence-corrected chi connectivity index (χ4v) is 3.47. The van der Waals surface area contributed by atoms with E-state index in [-0.39, 0.29) is 11.7 Å². The van der Waals surface area contributed by atoms with Gasteiger partial charge in [-0.2, -0.15) is 0 Å². The summed E-state index contributed by atoms with van der Waals surface area (Å²) in [6.07, 6.45) is 0. The number of imidazole rings is 1. The van der Waals surface area contributed by atoms with Crippen LogP contribution in [0.5, 0.6) is 17.2 Å². The lowest BCUT2D eigenvalue weighted by Crippen LogP contribution is -2.18. The molecule has 0 fully saturated rings. The zero-order valence-corrected chi connectivity index (χ0v) is 16.6. The standard InChI is InChI=1S/C23H18FN3O4/c1-29-19-10-14(11-20-21(19)31-8-7-30-20)23(28)25-16-5-6-17-18(12-16)27-22(26-17)13-3-2-4-15(24)9-13/h2-6,9-12H,7-8H2,1H3,(H,25,28)(H,26,27). The fourth-order valence-electron chi connectivity index (χ4n) is 3.47. The predicted molar refractivity (Wildman–Crippen MR) is 113 cm³/mol. The zero-order chi connectivity index (χ0) is 21.4. The average Bonchev–Trinajstić information content (AvgIpc) is 3.22. The number of H-pyrrole nitrogens is 1. The van der Waals surface area contributed by atoms with Crippen molar-refractivity contribution in [2.75, 3.05) is 25.6 Å². The quantitative estimate of drug-likeness (QED) is 0.512. The van der Waals surface area contributed by atoms with Gasteiger partial charge in [-0.15, -0.1) is 0 Å². The third-order valence-corrected chi connectivity index (χ3v) is 4.93. The third kappa shape index (κ3) is 3.63. The molecule has 0 atom stereocenters. The van der Waals surface area contributed by atoms with Crippen LogP contribution in [0.25, 0.3) is 22.4 Å². The molecule has 5 rings (SSSR count). The number of amides is 1. The molecule has 3 aromatic carbocycles. The predicted octanol–water partition coefficient (Wildman–Crippen LogP) is 4.40. The molecule has 1 aliphatic heterocycles. The number of fused-ring (bicyclic) bond motifs is 2. The van der Waals surface area contributed by atoms with Crippen LogP contribution >= 0.6 is 0 Å². The summed E-state index contributed by atoms with van der Waals surface area (Å²) in [5.74, 6) is 1.30. The Labute approximate surface area is 176 Å². The van der Waals surface area contributed by atoms with Crippen molar-refractivity contribution in [1.29, 1.82) is 0 Å². The second kappa shape index (κ2) is 7.64. The van der Waals surface area contributed by atoms with Crippen molar-refractivity contribution >= 4 is 22.6 Å². The highest BCUT2D eigenvalue weighted by Gasteiger charge is 2.21. The van der Waals surface area contributed by atoms with Crippen LogP contribution < -0.4 is 19.5 Å². The molecule has 4 aromatic rings. The van der Waals surface area contributed by atoms with Crippen molar-refractivity contribution in [3.63, 3.8) is 0 Å². The molecule has 1 aromatic heterocycles. The van der Waals surface area contributed by atoms with Crippen molar-refractivity contribution in [2.24, 2.45) is 0 Å². The summed E-state index contributed by atoms with van der Waals surface area (Å²) in [6, 6.07) is 14.8. The van der Waals surface area contributed by atoms with Gasteiger partial charge in [-0.1, -0.05) is 12.1 Å². The van der Waals surface area contributed by atoms with Crippen molar-refractivity contribution in [3.05, 3.63) is 66.0 Å². The molecule has 2 N–H and O–H groups in total. The van der Waals surface area contributed by atoms with Crippen LogP contribution in [-0.2, 0) is 0 Å². The van der Waals surface area contributed by atoms with Crippen molar-refractivity contribution in [3.8, 4) is 28.6 Å². The summed E-state index contributed by atoms with van der Waals surface area (Å²) in [5.41, 5.74) is 3.03. The lowest BCUT2D eigenvalue weighted by Gasteiger charge is -2.21. The number of nitrogens with one attached hydrogen (secondary N) is 2. The van der Waals surface area contributed by atoms with Crippen LogP contribution in [0.2, 0.25) is 0 Å². The Bertz CT molecular complexity index is 1280. The van der Waals surface area contributed by atoms with Crippen LogP contribution in [0.15, 0.2) is 54.6 Å². The van der Waals surface area contributed by atoms with Gasteiger partial charge in [0.25, 0.3) is 5.91 Å². The Morgan fingerprint density at radius 1 is 1.13 bits per heavy atom. The van der Waals surface area contributed by atoms with E-state index >= 15 is 0 Å². The topological polar surface area (TPSA) is 85.5 Å². The molecule has 1 amide bonds. The number of halogens is 1. The smallest absolute Gasteiger partial charge is 0.255 e. The van der Waals surface area contributed by atoms with E-state index in [1.165, 1.54) is 19.2 Å². The van der Waals surface area contributed by atoms with E-state index in [1.807, 2.05) is 0 Å². The normalized spacial score (nSPS) is 12.6. The molecule has 0 spiro atoms. The summed E-state index contributed by atoms with van der Waals surface area (Å²) in [6.45, 7) is 0.835. The van der Waals surface area contributed by atoms with Crippen LogP contribution in [0.4, 0.5) is 10.1 Å². The molecular weight excluding hydrogens is 401 g/mol. The Morgan fingerprint density at radius 3 is 2.84 bits per heavy atom. The highest BCUT2D eigenvalue weighted by molar-refractivity contribution is 6.05. The molecule has 7 nitrogen and oxygen atoms in total. The van der Waals surface area contributed by atoms with Crippen LogP contribution in [0, 0.1) is 5.82 Å². The number of rotatable bonds is 4. The summed E-state index contributed by atoms with van der Waals surface area (Å²) < 4.78 is 30.0. The summed E-state index contributed by atoms with van der Waals surface area (Å²) in [4.78, 5) is 20.5. The fraction of sp³-hybridized carbons (Fsp3) is 0.130. The van der Waals surface area contributed by atoms with E-state index in [0.29, 0.717) is 58.6 Å². The lowest BCUT2D eigenvalue weighted by atomic mass is 10.1. The molecule has 0 unspecified atom stereocenters. The van der Waals surface area contributed by atoms with Gasteiger partial charge >= 0.3 is 0 Å². The van der Waals surface area contributed by atoms with Gasteiger partial charge in [-0.3, -0.25) is 4.79 Å². The monoisotopic (exact) mass is 419 g/mol. The number of hydrogen-bond donors (Lipinski definition) is 2. The number of benzene rings is 3. The third-order valence-electron chi connectivity index (χ3n) is 4.93. The van der Waals surface area contributed by atoms with Gasteiger partial charge in [-0.25, -0.2) is 9.37 Å². The number of nitrogens with zero attached hydrogens (tertiary/aromatic N) is 1. The number of anilines is 1. The molecule has 0 bridgehead atoms. The molecule has 156 valence electrons. The first-order valence-electron chi connectivity index (χ1n) is 9.65. The number of aromatic nitrogens is 2. The maximum Gasteiger partial charge on any atom is 0.255 e. The minimum Gasteiger partial charge on any atom is -0.493 e. The van der Waals surface area contributed by atoms with Gasteiger partial charge in [0.2, 0.25) is 5.75 Å². The zero-order valence-electron chi connectivity index (χ0n) is 16.6. The van der Waals surface area contributed by atoms with E-state index < -0.39 is 0 Å². The Morgan fingerprint density at radius 2 is 2.00 bits per heavy atom. The van der Waals surface area contributed by atoms with E-state index in [4.69, 9.17) is 14.2 Å². The van der Waals surface area contributed by atoms with Gasteiger partial charge in [-0.05, 0) is 42.5 Å². The molecule has 0 saturated carbocycles. The molecule has 2 heterocycles. The lowest BCUT2D eigenvalue weighted by molar-refractivity contribution is 0.102. The van der Waals surface area contributed by atoms with Crippen molar-refractivity contribution in [2.45, 2.75) is 0 Å². The van der Waals surface area contributed by atoms with E-state index in [2.05, 4.69) is 15.3 Å². The van der Waals surface area contributed by atoms with E-state index in [1.54, 1.807) is 42.5 Å². The van der Waals surface area contributed by atoms with Crippen molar-refractivity contribution in [1.82, 2.24) is 9.97 Å². The molecule has 1 aliphatic rings. The van der Waals surface area contributed by atoms with Crippen LogP contribution in [-0.4, -0.2) is 36.2 Å². The largest absolute Gasteiger partial charge is 0.493 e. The van der Waals surface area contributed by atoms with E-state index in [9.17, 15) is 9.18 Å². The molecule has 0 saturated heterocycles. The van der Waals surface area contributed by atoms with Crippen LogP contribution in [0.3, 0.4) is 0 Å². The van der Waals surface area contributed by atoms with Gasteiger partial charge in [0.05, 0.1) is 18.1 Å². The molecule has 0 aliphatic carbocycles. The maximum atomic E-state index is 13.5. The number of carbonyl (C=O) groups is 1. The van der Waals surface area contributed by atoms with Crippen molar-refractivity contribution < 1.29 is 23.4 Å². The summed E-state index contributed by atoms with van der Waals surface area (Å²) in [7, 11) is 1.51. The highest BCUT2D eigenvalue weighted by Crippen LogP contribution is 2.40. The maximum absolute atomic E-state index is 13.5. The van der Waals surface area contributed by atoms with Gasteiger partial charge in [0, 0.05) is 16.8 Å². The first-order valence-corrected chi connectivity index (χ1v) is 9.65. The minimum atomic E-state index is -0.333. The first-order chi connectivity index (χ1) is 15.1. The number of methoxy groups -OCH3 is 1. The molecular formula is C23H18FN3O4. The Kier molecular flexibility index (Phi) is 4.66. The Balaban J connectivity index is 1.42. The van der Waals surface area contributed by atoms with Gasteiger partial charge in [0.1, 0.15) is 24.9 Å². The number of aromatic amines is 1. The number of ether oxygens (including phenoxy) is 3. The molecule has 8 heteroatoms. The second-order valence-electron chi connectivity index (χ2n) is 6.98. The molecule has 31 heavy (non-hydrogen) atoms. The minimum absolute atomic E-state index is 0.320.